The summed E-state index contributed by atoms with van der Waals surface area (Å²) < 4.78 is 6.77. The predicted octanol–water partition coefficient (Wildman–Crippen LogP) is 4.64. The topological polar surface area (TPSA) is 58.6 Å². The van der Waals surface area contributed by atoms with Crippen molar-refractivity contribution in [2.75, 3.05) is 23.4 Å². The van der Waals surface area contributed by atoms with Gasteiger partial charge in [0.1, 0.15) is 5.69 Å². The average Bonchev–Trinajstić information content (AvgIpc) is 3.09. The Balaban J connectivity index is 2.08. The number of fused-ring (bicyclic) bond motifs is 1. The van der Waals surface area contributed by atoms with E-state index in [2.05, 4.69) is 48.7 Å². The molecule has 28 heavy (non-hydrogen) atoms. The third kappa shape index (κ3) is 3.81. The van der Waals surface area contributed by atoms with Crippen LogP contribution in [0.3, 0.4) is 0 Å². The van der Waals surface area contributed by atoms with Gasteiger partial charge in [-0.1, -0.05) is 33.6 Å². The second-order valence-corrected chi connectivity index (χ2v) is 14.9. The highest BCUT2D eigenvalue weighted by molar-refractivity contribution is 6.74. The molecule has 1 aromatic heterocycles. The van der Waals surface area contributed by atoms with Gasteiger partial charge in [0, 0.05) is 13.1 Å². The monoisotopic (exact) mass is 424 g/mol. The number of carbonyl (C=O) groups is 1. The van der Waals surface area contributed by atoms with Crippen molar-refractivity contribution in [3.63, 3.8) is 0 Å². The number of anilines is 2. The average molecular weight is 425 g/mol. The van der Waals surface area contributed by atoms with E-state index in [0.717, 1.165) is 18.7 Å². The van der Waals surface area contributed by atoms with Crippen LogP contribution >= 0.6 is 11.6 Å². The Morgan fingerprint density at radius 1 is 1.29 bits per heavy atom. The maximum Gasteiger partial charge on any atom is 0.259 e. The number of likely N-dealkylation sites (N-methyl/N-ethyl adjacent to an activating group) is 1. The molecule has 156 valence electrons. The smallest absolute Gasteiger partial charge is 0.259 e. The van der Waals surface area contributed by atoms with E-state index in [1.165, 1.54) is 12.8 Å². The Hall–Kier alpha value is -1.18. The fourth-order valence-corrected chi connectivity index (χ4v) is 5.75. The molecule has 3 rings (SSSR count). The van der Waals surface area contributed by atoms with Crippen LogP contribution in [-0.2, 0) is 9.22 Å². The van der Waals surface area contributed by atoms with E-state index < -0.39 is 13.9 Å². The number of rotatable bonds is 3. The molecule has 1 amide bonds. The van der Waals surface area contributed by atoms with Crippen molar-refractivity contribution in [3.05, 3.63) is 11.5 Å². The van der Waals surface area contributed by atoms with Crippen molar-refractivity contribution in [3.8, 4) is 0 Å². The Bertz CT molecular complexity index is 761. The van der Waals surface area contributed by atoms with Crippen LogP contribution in [0.15, 0.2) is 6.20 Å². The molecule has 1 aliphatic carbocycles. The van der Waals surface area contributed by atoms with Crippen molar-refractivity contribution in [1.29, 1.82) is 0 Å². The summed E-state index contributed by atoms with van der Waals surface area (Å²) in [6, 6.07) is 0.339. The van der Waals surface area contributed by atoms with E-state index in [9.17, 15) is 4.79 Å². The van der Waals surface area contributed by atoms with Crippen molar-refractivity contribution < 1.29 is 9.22 Å². The lowest BCUT2D eigenvalue weighted by Gasteiger charge is -2.45. The molecule has 0 radical (unpaired) electrons. The van der Waals surface area contributed by atoms with Crippen LogP contribution in [-0.4, -0.2) is 49.4 Å². The number of amides is 1. The summed E-state index contributed by atoms with van der Waals surface area (Å²) >= 11 is 6.15. The molecule has 6 nitrogen and oxygen atoms in total. The standard InChI is InChI=1S/C20H33ClN4O2Si/c1-19(2,3)28(6,7)27-20(4)13-25(14-10-8-9-11-14)16-15(24(5)17(20)26)12-22-18(21)23-16/h12,14H,8-11,13H2,1-7H3. The maximum absolute atomic E-state index is 13.6. The number of nitrogens with zero attached hydrogens (tertiary/aromatic N) is 4. The molecule has 1 atom stereocenters. The Morgan fingerprint density at radius 2 is 1.89 bits per heavy atom. The van der Waals surface area contributed by atoms with E-state index in [1.807, 2.05) is 6.92 Å². The van der Waals surface area contributed by atoms with E-state index in [1.54, 1.807) is 18.1 Å². The highest BCUT2D eigenvalue weighted by Gasteiger charge is 2.51. The molecule has 1 fully saturated rings. The number of aromatic nitrogens is 2. The van der Waals surface area contributed by atoms with Gasteiger partial charge in [-0.25, -0.2) is 4.98 Å². The summed E-state index contributed by atoms with van der Waals surface area (Å²) in [5.74, 6) is 0.690. The lowest BCUT2D eigenvalue weighted by atomic mass is 10.0. The molecule has 2 aliphatic rings. The van der Waals surface area contributed by atoms with Crippen molar-refractivity contribution in [1.82, 2.24) is 9.97 Å². The van der Waals surface area contributed by atoms with Crippen LogP contribution in [0.25, 0.3) is 0 Å². The summed E-state index contributed by atoms with van der Waals surface area (Å²) in [5, 5.41) is 0.214. The highest BCUT2D eigenvalue weighted by Crippen LogP contribution is 2.43. The minimum absolute atomic E-state index is 0.00925. The second kappa shape index (κ2) is 7.25. The summed E-state index contributed by atoms with van der Waals surface area (Å²) in [5.41, 5.74) is -0.253. The maximum atomic E-state index is 13.6. The normalized spacial score (nSPS) is 24.5. The SMILES string of the molecule is CN1C(=O)C(C)(O[Si](C)(C)C(C)(C)C)CN(C2CCCC2)c2nc(Cl)ncc21. The number of hydrogen-bond donors (Lipinski definition) is 0. The highest BCUT2D eigenvalue weighted by atomic mass is 35.5. The molecule has 0 saturated heterocycles. The predicted molar refractivity (Wildman–Crippen MR) is 117 cm³/mol. The summed E-state index contributed by atoms with van der Waals surface area (Å²) in [4.78, 5) is 26.2. The first-order valence-electron chi connectivity index (χ1n) is 10.1. The minimum atomic E-state index is -2.18. The molecule has 1 aromatic rings. The van der Waals surface area contributed by atoms with Gasteiger partial charge in [-0.3, -0.25) is 4.79 Å². The molecule has 1 saturated carbocycles. The van der Waals surface area contributed by atoms with Gasteiger partial charge in [-0.05, 0) is 49.5 Å². The van der Waals surface area contributed by atoms with Gasteiger partial charge in [0.05, 0.1) is 12.7 Å². The van der Waals surface area contributed by atoms with Crippen molar-refractivity contribution in [2.45, 2.75) is 83.2 Å². The zero-order valence-corrected chi connectivity index (χ0v) is 19.9. The van der Waals surface area contributed by atoms with Gasteiger partial charge in [-0.15, -0.1) is 0 Å². The molecule has 0 aromatic carbocycles. The van der Waals surface area contributed by atoms with Crippen LogP contribution in [0.4, 0.5) is 11.5 Å². The van der Waals surface area contributed by atoms with E-state index in [4.69, 9.17) is 16.0 Å². The van der Waals surface area contributed by atoms with Crippen LogP contribution in [0.1, 0.15) is 53.4 Å². The number of halogens is 1. The van der Waals surface area contributed by atoms with E-state index >= 15 is 0 Å². The summed E-state index contributed by atoms with van der Waals surface area (Å²) in [7, 11) is -0.396. The fourth-order valence-electron chi connectivity index (χ4n) is 4.04. The lowest BCUT2D eigenvalue weighted by molar-refractivity contribution is -0.132. The third-order valence-corrected chi connectivity index (χ3v) is 11.4. The molecular weight excluding hydrogens is 392 g/mol. The Kier molecular flexibility index (Phi) is 5.58. The molecule has 0 bridgehead atoms. The van der Waals surface area contributed by atoms with Gasteiger partial charge in [0.25, 0.3) is 5.91 Å². The largest absolute Gasteiger partial charge is 0.401 e. The Labute approximate surface area is 174 Å². The lowest BCUT2D eigenvalue weighted by Crippen LogP contribution is -2.59. The number of carbonyl (C=O) groups excluding carboxylic acids is 1. The van der Waals surface area contributed by atoms with Gasteiger partial charge in [0.2, 0.25) is 5.28 Å². The fraction of sp³-hybridized carbons (Fsp3) is 0.750. The van der Waals surface area contributed by atoms with Crippen LogP contribution in [0, 0.1) is 0 Å². The molecule has 1 unspecified atom stereocenters. The second-order valence-electron chi connectivity index (χ2n) is 9.87. The van der Waals surface area contributed by atoms with Gasteiger partial charge in [0.15, 0.2) is 19.7 Å². The van der Waals surface area contributed by atoms with Crippen LogP contribution in [0.2, 0.25) is 23.4 Å². The van der Waals surface area contributed by atoms with E-state index in [0.29, 0.717) is 18.3 Å². The zero-order valence-electron chi connectivity index (χ0n) is 18.2. The van der Waals surface area contributed by atoms with Crippen molar-refractivity contribution >= 4 is 37.3 Å². The van der Waals surface area contributed by atoms with Crippen LogP contribution < -0.4 is 9.80 Å². The molecule has 0 N–H and O–H groups in total. The van der Waals surface area contributed by atoms with Gasteiger partial charge >= 0.3 is 0 Å². The van der Waals surface area contributed by atoms with Crippen LogP contribution in [0.5, 0.6) is 0 Å². The first-order chi connectivity index (χ1) is 12.9. The van der Waals surface area contributed by atoms with Gasteiger partial charge in [-0.2, -0.15) is 4.98 Å². The molecule has 8 heteroatoms. The quantitative estimate of drug-likeness (QED) is 0.522. The number of hydrogen-bond acceptors (Lipinski definition) is 5. The minimum Gasteiger partial charge on any atom is -0.401 e. The molecular formula is C20H33ClN4O2Si. The zero-order chi connectivity index (χ0) is 20.9. The van der Waals surface area contributed by atoms with E-state index in [-0.39, 0.29) is 16.2 Å². The van der Waals surface area contributed by atoms with Crippen molar-refractivity contribution in [2.24, 2.45) is 0 Å². The third-order valence-electron chi connectivity index (χ3n) is 6.64. The first kappa shape index (κ1) is 21.5. The molecule has 0 spiro atoms. The van der Waals surface area contributed by atoms with Gasteiger partial charge < -0.3 is 14.2 Å². The molecule has 2 heterocycles. The summed E-state index contributed by atoms with van der Waals surface area (Å²) in [6.45, 7) is 13.4. The Morgan fingerprint density at radius 3 is 2.46 bits per heavy atom. The first-order valence-corrected chi connectivity index (χ1v) is 13.4. The molecule has 1 aliphatic heterocycles. The summed E-state index contributed by atoms with van der Waals surface area (Å²) in [6.07, 6.45) is 6.23.